The van der Waals surface area contributed by atoms with Crippen LogP contribution < -0.4 is 14.8 Å². The molecular formula is C29H43N5O7S. The Labute approximate surface area is 247 Å². The van der Waals surface area contributed by atoms with E-state index in [2.05, 4.69) is 15.2 Å². The standard InChI is InChI=1S/C29H43N5O7S/c1-18-15-34(19(2)17-35)27(36)14-22-13-24(32-42(38,39)28-20(3)31-41-21(28)4)11-12-25(22)40-26(18)16-33(5)29(37)30-23-9-7-6-8-10-23/h11-13,18-19,23,26,32,35H,6-10,14-17H2,1-5H3,(H,30,37)/t18-,19+,26-/m0/s1. The van der Waals surface area contributed by atoms with E-state index >= 15 is 0 Å². The minimum absolute atomic E-state index is 0.0373. The molecule has 2 heterocycles. The molecule has 2 aliphatic rings. The number of anilines is 1. The summed E-state index contributed by atoms with van der Waals surface area (Å²) in [6.45, 7) is 7.19. The molecule has 1 aromatic heterocycles. The first-order valence-electron chi connectivity index (χ1n) is 14.6. The first-order valence-corrected chi connectivity index (χ1v) is 16.0. The van der Waals surface area contributed by atoms with Gasteiger partial charge in [0.15, 0.2) is 10.7 Å². The van der Waals surface area contributed by atoms with Crippen molar-refractivity contribution in [2.24, 2.45) is 5.92 Å². The Morgan fingerprint density at radius 2 is 1.95 bits per heavy atom. The number of ether oxygens (including phenoxy) is 1. The molecule has 2 aromatic rings. The lowest BCUT2D eigenvalue weighted by atomic mass is 9.96. The molecule has 1 aliphatic carbocycles. The fourth-order valence-electron chi connectivity index (χ4n) is 5.66. The number of amides is 3. The molecule has 12 nitrogen and oxygen atoms in total. The van der Waals surface area contributed by atoms with E-state index < -0.39 is 22.2 Å². The third kappa shape index (κ3) is 7.35. The summed E-state index contributed by atoms with van der Waals surface area (Å²) in [5.41, 5.74) is 0.977. The second-order valence-corrected chi connectivity index (χ2v) is 13.3. The molecule has 0 saturated heterocycles. The van der Waals surface area contributed by atoms with Crippen LogP contribution in [0, 0.1) is 19.8 Å². The number of aromatic nitrogens is 1. The number of likely N-dealkylation sites (N-methyl/N-ethyl adjacent to an activating group) is 1. The molecule has 0 unspecified atom stereocenters. The highest BCUT2D eigenvalue weighted by molar-refractivity contribution is 7.92. The summed E-state index contributed by atoms with van der Waals surface area (Å²) in [6.07, 6.45) is 4.82. The average Bonchev–Trinajstić information content (AvgIpc) is 3.31. The number of nitrogens with zero attached hydrogens (tertiary/aromatic N) is 3. The number of carbonyl (C=O) groups excluding carboxylic acids is 2. The minimum Gasteiger partial charge on any atom is -0.488 e. The zero-order valence-electron chi connectivity index (χ0n) is 25.1. The van der Waals surface area contributed by atoms with Gasteiger partial charge in [-0.2, -0.15) is 0 Å². The molecular weight excluding hydrogens is 562 g/mol. The van der Waals surface area contributed by atoms with Gasteiger partial charge in [0.25, 0.3) is 10.0 Å². The predicted octanol–water partition coefficient (Wildman–Crippen LogP) is 3.22. The number of carbonyl (C=O) groups is 2. The third-order valence-corrected chi connectivity index (χ3v) is 9.76. The van der Waals surface area contributed by atoms with E-state index in [1.807, 2.05) is 6.92 Å². The Balaban J connectivity index is 1.61. The van der Waals surface area contributed by atoms with E-state index in [1.165, 1.54) is 13.3 Å². The molecule has 0 spiro atoms. The smallest absolute Gasteiger partial charge is 0.317 e. The predicted molar refractivity (Wildman–Crippen MR) is 157 cm³/mol. The molecule has 42 heavy (non-hydrogen) atoms. The van der Waals surface area contributed by atoms with E-state index in [0.717, 1.165) is 25.7 Å². The largest absolute Gasteiger partial charge is 0.488 e. The molecule has 1 fully saturated rings. The first kappa shape index (κ1) is 31.6. The van der Waals surface area contributed by atoms with Crippen LogP contribution in [0.3, 0.4) is 0 Å². The number of aliphatic hydroxyl groups excluding tert-OH is 1. The zero-order valence-corrected chi connectivity index (χ0v) is 25.9. The van der Waals surface area contributed by atoms with Crippen molar-refractivity contribution in [3.05, 3.63) is 35.2 Å². The van der Waals surface area contributed by atoms with Crippen molar-refractivity contribution in [2.45, 2.75) is 89.3 Å². The van der Waals surface area contributed by atoms with Gasteiger partial charge < -0.3 is 29.5 Å². The van der Waals surface area contributed by atoms with Crippen molar-refractivity contribution in [2.75, 3.05) is 31.5 Å². The van der Waals surface area contributed by atoms with E-state index in [1.54, 1.807) is 48.9 Å². The van der Waals surface area contributed by atoms with E-state index in [-0.39, 0.29) is 65.5 Å². The third-order valence-electron chi connectivity index (χ3n) is 8.14. The summed E-state index contributed by atoms with van der Waals surface area (Å²) >= 11 is 0. The molecule has 3 amide bonds. The fourth-order valence-corrected chi connectivity index (χ4v) is 7.04. The Morgan fingerprint density at radius 1 is 1.24 bits per heavy atom. The summed E-state index contributed by atoms with van der Waals surface area (Å²) in [5.74, 6) is 0.197. The number of aliphatic hydroxyl groups is 1. The zero-order chi connectivity index (χ0) is 30.6. The molecule has 1 aliphatic heterocycles. The molecule has 232 valence electrons. The number of hydrogen-bond donors (Lipinski definition) is 3. The molecule has 4 rings (SSSR count). The van der Waals surface area contributed by atoms with Crippen LogP contribution in [0.15, 0.2) is 27.6 Å². The van der Waals surface area contributed by atoms with Gasteiger partial charge in [-0.3, -0.25) is 9.52 Å². The van der Waals surface area contributed by atoms with Gasteiger partial charge in [0, 0.05) is 36.8 Å². The Kier molecular flexibility index (Phi) is 10.0. The van der Waals surface area contributed by atoms with Crippen molar-refractivity contribution in [1.82, 2.24) is 20.3 Å². The highest BCUT2D eigenvalue weighted by atomic mass is 32.2. The molecule has 0 bridgehead atoms. The van der Waals surface area contributed by atoms with Gasteiger partial charge in [-0.05, 0) is 51.8 Å². The van der Waals surface area contributed by atoms with Gasteiger partial charge in [-0.25, -0.2) is 13.2 Å². The van der Waals surface area contributed by atoms with Crippen LogP contribution in [0.1, 0.15) is 63.0 Å². The van der Waals surface area contributed by atoms with Crippen molar-refractivity contribution in [1.29, 1.82) is 0 Å². The summed E-state index contributed by atoms with van der Waals surface area (Å²) < 4.78 is 40.3. The van der Waals surface area contributed by atoms with E-state index in [9.17, 15) is 23.1 Å². The van der Waals surface area contributed by atoms with Gasteiger partial charge in [-0.15, -0.1) is 0 Å². The number of rotatable bonds is 8. The maximum absolute atomic E-state index is 13.5. The van der Waals surface area contributed by atoms with Crippen molar-refractivity contribution >= 4 is 27.6 Å². The van der Waals surface area contributed by atoms with Crippen molar-refractivity contribution < 1.29 is 32.4 Å². The lowest BCUT2D eigenvalue weighted by molar-refractivity contribution is -0.134. The molecule has 13 heteroatoms. The second-order valence-electron chi connectivity index (χ2n) is 11.6. The van der Waals surface area contributed by atoms with Crippen LogP contribution in [-0.4, -0.2) is 85.4 Å². The average molecular weight is 606 g/mol. The summed E-state index contributed by atoms with van der Waals surface area (Å²) in [4.78, 5) is 29.7. The van der Waals surface area contributed by atoms with Crippen LogP contribution in [0.4, 0.5) is 10.5 Å². The Bertz CT molecular complexity index is 1350. The molecule has 0 radical (unpaired) electrons. The fraction of sp³-hybridized carbons (Fsp3) is 0.621. The van der Waals surface area contributed by atoms with Crippen LogP contribution in [0.2, 0.25) is 0 Å². The number of benzene rings is 1. The summed E-state index contributed by atoms with van der Waals surface area (Å²) in [5, 5.41) is 16.8. The second kappa shape index (κ2) is 13.3. The lowest BCUT2D eigenvalue weighted by Gasteiger charge is -2.34. The summed E-state index contributed by atoms with van der Waals surface area (Å²) in [6, 6.07) is 4.36. The maximum Gasteiger partial charge on any atom is 0.317 e. The van der Waals surface area contributed by atoms with E-state index in [4.69, 9.17) is 9.26 Å². The highest BCUT2D eigenvalue weighted by Crippen LogP contribution is 2.31. The van der Waals surface area contributed by atoms with Crippen LogP contribution in [0.5, 0.6) is 5.75 Å². The summed E-state index contributed by atoms with van der Waals surface area (Å²) in [7, 11) is -2.28. The number of hydrogen-bond acceptors (Lipinski definition) is 8. The Morgan fingerprint density at radius 3 is 2.60 bits per heavy atom. The van der Waals surface area contributed by atoms with Crippen LogP contribution in [-0.2, 0) is 21.2 Å². The highest BCUT2D eigenvalue weighted by Gasteiger charge is 2.33. The van der Waals surface area contributed by atoms with Gasteiger partial charge >= 0.3 is 6.03 Å². The normalized spacial score (nSPS) is 20.9. The lowest BCUT2D eigenvalue weighted by Crippen LogP contribution is -2.50. The van der Waals surface area contributed by atoms with E-state index in [0.29, 0.717) is 17.9 Å². The molecule has 3 atom stereocenters. The molecule has 1 aromatic carbocycles. The Hall–Kier alpha value is -3.32. The van der Waals surface area contributed by atoms with Crippen LogP contribution in [0.25, 0.3) is 0 Å². The maximum atomic E-state index is 13.5. The SMILES string of the molecule is Cc1noc(C)c1S(=O)(=O)Nc1ccc2c(c1)CC(=O)N([C@H](C)CO)C[C@H](C)[C@H](CN(C)C(=O)NC1CCCCC1)O2. The van der Waals surface area contributed by atoms with Crippen LogP contribution >= 0.6 is 0 Å². The van der Waals surface area contributed by atoms with Gasteiger partial charge in [0.05, 0.1) is 25.6 Å². The first-order chi connectivity index (χ1) is 19.9. The molecule has 1 saturated carbocycles. The van der Waals surface area contributed by atoms with Crippen molar-refractivity contribution in [3.63, 3.8) is 0 Å². The molecule has 3 N–H and O–H groups in total. The topological polar surface area (TPSA) is 154 Å². The van der Waals surface area contributed by atoms with Gasteiger partial charge in [-0.1, -0.05) is 31.3 Å². The number of aryl methyl sites for hydroxylation is 2. The number of urea groups is 1. The van der Waals surface area contributed by atoms with Crippen molar-refractivity contribution in [3.8, 4) is 5.75 Å². The van der Waals surface area contributed by atoms with Gasteiger partial charge in [0.2, 0.25) is 5.91 Å². The number of fused-ring (bicyclic) bond motifs is 1. The van der Waals surface area contributed by atoms with Gasteiger partial charge in [0.1, 0.15) is 17.5 Å². The quantitative estimate of drug-likeness (QED) is 0.415. The monoisotopic (exact) mass is 605 g/mol. The number of nitrogens with one attached hydrogen (secondary N) is 2. The number of sulfonamides is 1. The minimum atomic E-state index is -4.01.